The fourth-order valence-corrected chi connectivity index (χ4v) is 3.07. The predicted molar refractivity (Wildman–Crippen MR) is 85.3 cm³/mol. The van der Waals surface area contributed by atoms with Crippen LogP contribution in [-0.2, 0) is 6.54 Å². The molecule has 1 aromatic rings. The van der Waals surface area contributed by atoms with Crippen LogP contribution in [0.1, 0.15) is 43.7 Å². The zero-order valence-corrected chi connectivity index (χ0v) is 13.1. The third-order valence-electron chi connectivity index (χ3n) is 4.24. The largest absolute Gasteiger partial charge is 0.497 e. The summed E-state index contributed by atoms with van der Waals surface area (Å²) >= 11 is 0. The van der Waals surface area contributed by atoms with Crippen LogP contribution in [0.15, 0.2) is 18.2 Å². The summed E-state index contributed by atoms with van der Waals surface area (Å²) in [6.07, 6.45) is 5.29. The summed E-state index contributed by atoms with van der Waals surface area (Å²) in [6.45, 7) is 4.06. The average molecular weight is 287 g/mol. The summed E-state index contributed by atoms with van der Waals surface area (Å²) in [5.74, 6) is 6.66. The molecule has 0 aliphatic heterocycles. The lowest BCUT2D eigenvalue weighted by Gasteiger charge is -2.28. The molecule has 1 N–H and O–H groups in total. The molecule has 3 heteroatoms. The lowest BCUT2D eigenvalue weighted by molar-refractivity contribution is 0.200. The minimum absolute atomic E-state index is 0.106. The molecule has 0 atom stereocenters. The molecule has 0 aromatic heterocycles. The van der Waals surface area contributed by atoms with Crippen LogP contribution in [0.2, 0.25) is 0 Å². The minimum atomic E-state index is -0.106. The molecule has 0 spiro atoms. The van der Waals surface area contributed by atoms with E-state index in [0.717, 1.165) is 24.4 Å². The normalized spacial score (nSPS) is 15.0. The number of hydrogen-bond donors (Lipinski definition) is 1. The van der Waals surface area contributed by atoms with Crippen molar-refractivity contribution in [1.29, 1.82) is 0 Å². The van der Waals surface area contributed by atoms with Crippen molar-refractivity contribution >= 4 is 0 Å². The minimum Gasteiger partial charge on any atom is -0.497 e. The van der Waals surface area contributed by atoms with E-state index in [1.165, 1.54) is 31.2 Å². The summed E-state index contributed by atoms with van der Waals surface area (Å²) in [4.78, 5) is 2.53. The van der Waals surface area contributed by atoms with Crippen LogP contribution in [0, 0.1) is 11.8 Å². The van der Waals surface area contributed by atoms with Crippen LogP contribution in [0.4, 0.5) is 0 Å². The SMILES string of the molecule is CCN(Cc1cc(OC)ccc1C#CCO)C1CCCC1. The fourth-order valence-electron chi connectivity index (χ4n) is 3.07. The number of methoxy groups -OCH3 is 1. The Morgan fingerprint density at radius 1 is 1.33 bits per heavy atom. The molecule has 1 fully saturated rings. The molecule has 0 bridgehead atoms. The van der Waals surface area contributed by atoms with Crippen LogP contribution < -0.4 is 4.74 Å². The highest BCUT2D eigenvalue weighted by atomic mass is 16.5. The van der Waals surface area contributed by atoms with E-state index in [4.69, 9.17) is 9.84 Å². The Bertz CT molecular complexity index is 510. The van der Waals surface area contributed by atoms with Gasteiger partial charge in [-0.2, -0.15) is 0 Å². The summed E-state index contributed by atoms with van der Waals surface area (Å²) in [7, 11) is 1.69. The van der Waals surface area contributed by atoms with Crippen LogP contribution in [0.3, 0.4) is 0 Å². The van der Waals surface area contributed by atoms with Gasteiger partial charge in [-0.3, -0.25) is 4.90 Å². The van der Waals surface area contributed by atoms with Gasteiger partial charge in [-0.1, -0.05) is 31.6 Å². The Labute approximate surface area is 127 Å². The van der Waals surface area contributed by atoms with Gasteiger partial charge < -0.3 is 9.84 Å². The molecule has 114 valence electrons. The van der Waals surface area contributed by atoms with Gasteiger partial charge in [0.05, 0.1) is 7.11 Å². The summed E-state index contributed by atoms with van der Waals surface area (Å²) < 4.78 is 5.34. The Hall–Kier alpha value is -1.50. The molecule has 0 heterocycles. The summed E-state index contributed by atoms with van der Waals surface area (Å²) in [5, 5.41) is 8.91. The van der Waals surface area contributed by atoms with Gasteiger partial charge in [0.2, 0.25) is 0 Å². The molecule has 0 radical (unpaired) electrons. The quantitative estimate of drug-likeness (QED) is 0.845. The molecule has 2 rings (SSSR count). The van der Waals surface area contributed by atoms with E-state index in [-0.39, 0.29) is 6.61 Å². The van der Waals surface area contributed by atoms with Gasteiger partial charge in [0, 0.05) is 18.2 Å². The van der Waals surface area contributed by atoms with E-state index >= 15 is 0 Å². The van der Waals surface area contributed by atoms with Gasteiger partial charge in [-0.05, 0) is 43.1 Å². The van der Waals surface area contributed by atoms with E-state index in [0.29, 0.717) is 6.04 Å². The molecule has 1 aliphatic rings. The Balaban J connectivity index is 2.22. The molecule has 1 aliphatic carbocycles. The Kier molecular flexibility index (Phi) is 6.10. The van der Waals surface area contributed by atoms with Crippen LogP contribution in [-0.4, -0.2) is 36.3 Å². The van der Waals surface area contributed by atoms with Gasteiger partial charge >= 0.3 is 0 Å². The van der Waals surface area contributed by atoms with Crippen molar-refractivity contribution in [3.63, 3.8) is 0 Å². The molecular weight excluding hydrogens is 262 g/mol. The lowest BCUT2D eigenvalue weighted by atomic mass is 10.1. The highest BCUT2D eigenvalue weighted by molar-refractivity contribution is 5.45. The number of hydrogen-bond acceptors (Lipinski definition) is 3. The summed E-state index contributed by atoms with van der Waals surface area (Å²) in [6, 6.07) is 6.68. The molecule has 0 saturated heterocycles. The second kappa shape index (κ2) is 8.07. The number of rotatable bonds is 5. The summed E-state index contributed by atoms with van der Waals surface area (Å²) in [5.41, 5.74) is 2.17. The third-order valence-corrected chi connectivity index (χ3v) is 4.24. The second-order valence-electron chi connectivity index (χ2n) is 5.48. The topological polar surface area (TPSA) is 32.7 Å². The average Bonchev–Trinajstić information content (AvgIpc) is 3.05. The number of ether oxygens (including phenoxy) is 1. The molecule has 21 heavy (non-hydrogen) atoms. The van der Waals surface area contributed by atoms with Crippen molar-refractivity contribution in [2.24, 2.45) is 0 Å². The molecular formula is C18H25NO2. The monoisotopic (exact) mass is 287 g/mol. The van der Waals surface area contributed by atoms with E-state index in [2.05, 4.69) is 29.7 Å². The molecule has 3 nitrogen and oxygen atoms in total. The smallest absolute Gasteiger partial charge is 0.119 e. The van der Waals surface area contributed by atoms with E-state index in [1.54, 1.807) is 7.11 Å². The first kappa shape index (κ1) is 15.9. The maximum Gasteiger partial charge on any atom is 0.119 e. The molecule has 1 saturated carbocycles. The first-order chi connectivity index (χ1) is 10.3. The molecule has 0 amide bonds. The first-order valence-corrected chi connectivity index (χ1v) is 7.79. The number of nitrogens with zero attached hydrogens (tertiary/aromatic N) is 1. The van der Waals surface area contributed by atoms with Crippen molar-refractivity contribution in [3.05, 3.63) is 29.3 Å². The number of aliphatic hydroxyl groups is 1. The van der Waals surface area contributed by atoms with Gasteiger partial charge in [0.25, 0.3) is 0 Å². The van der Waals surface area contributed by atoms with Gasteiger partial charge in [0.1, 0.15) is 12.4 Å². The van der Waals surface area contributed by atoms with E-state index < -0.39 is 0 Å². The van der Waals surface area contributed by atoms with E-state index in [9.17, 15) is 0 Å². The van der Waals surface area contributed by atoms with Gasteiger partial charge in [-0.15, -0.1) is 0 Å². The number of benzene rings is 1. The maximum atomic E-state index is 8.91. The van der Waals surface area contributed by atoms with Crippen LogP contribution >= 0.6 is 0 Å². The number of aliphatic hydroxyl groups excluding tert-OH is 1. The standard InChI is InChI=1S/C18H25NO2/c1-3-19(17-8-4-5-9-17)14-16-13-18(21-2)11-10-15(16)7-6-12-20/h10-11,13,17,20H,3-5,8-9,12,14H2,1-2H3. The molecule has 1 aromatic carbocycles. The Morgan fingerprint density at radius 3 is 2.71 bits per heavy atom. The second-order valence-corrected chi connectivity index (χ2v) is 5.48. The third kappa shape index (κ3) is 4.23. The van der Waals surface area contributed by atoms with Crippen LogP contribution in [0.25, 0.3) is 0 Å². The first-order valence-electron chi connectivity index (χ1n) is 7.79. The van der Waals surface area contributed by atoms with Crippen molar-refractivity contribution in [1.82, 2.24) is 4.90 Å². The Morgan fingerprint density at radius 2 is 2.10 bits per heavy atom. The zero-order valence-electron chi connectivity index (χ0n) is 13.1. The van der Waals surface area contributed by atoms with Gasteiger partial charge in [-0.25, -0.2) is 0 Å². The highest BCUT2D eigenvalue weighted by Gasteiger charge is 2.22. The maximum absolute atomic E-state index is 8.91. The van der Waals surface area contributed by atoms with Crippen molar-refractivity contribution < 1.29 is 9.84 Å². The van der Waals surface area contributed by atoms with Crippen molar-refractivity contribution in [3.8, 4) is 17.6 Å². The van der Waals surface area contributed by atoms with Crippen molar-refractivity contribution in [2.45, 2.75) is 45.2 Å². The predicted octanol–water partition coefficient (Wildman–Crippen LogP) is 2.80. The molecule has 0 unspecified atom stereocenters. The van der Waals surface area contributed by atoms with Crippen molar-refractivity contribution in [2.75, 3.05) is 20.3 Å². The van der Waals surface area contributed by atoms with E-state index in [1.807, 2.05) is 12.1 Å². The zero-order chi connectivity index (χ0) is 15.1. The lowest BCUT2D eigenvalue weighted by Crippen LogP contribution is -2.32. The van der Waals surface area contributed by atoms with Gasteiger partial charge in [0.15, 0.2) is 0 Å². The fraction of sp³-hybridized carbons (Fsp3) is 0.556. The van der Waals surface area contributed by atoms with Crippen LogP contribution in [0.5, 0.6) is 5.75 Å². The highest BCUT2D eigenvalue weighted by Crippen LogP contribution is 2.26.